The van der Waals surface area contributed by atoms with Crippen molar-refractivity contribution < 1.29 is 0 Å². The van der Waals surface area contributed by atoms with Crippen LogP contribution in [0.3, 0.4) is 0 Å². The molecule has 4 heteroatoms. The normalized spacial score (nSPS) is 12.3. The van der Waals surface area contributed by atoms with Gasteiger partial charge in [-0.05, 0) is 42.3 Å². The third-order valence-electron chi connectivity index (χ3n) is 3.09. The van der Waals surface area contributed by atoms with Crippen molar-refractivity contribution in [2.24, 2.45) is 0 Å². The monoisotopic (exact) mass is 275 g/mol. The number of hydrogen-bond donors (Lipinski definition) is 2. The summed E-state index contributed by atoms with van der Waals surface area (Å²) in [6.07, 6.45) is 4.36. The van der Waals surface area contributed by atoms with E-state index in [0.717, 1.165) is 29.2 Å². The summed E-state index contributed by atoms with van der Waals surface area (Å²) in [5.74, 6) is 0. The fourth-order valence-electron chi connectivity index (χ4n) is 2.08. The second-order valence-corrected chi connectivity index (χ2v) is 4.88. The van der Waals surface area contributed by atoms with Crippen LogP contribution in [0.4, 0.5) is 5.69 Å². The Bertz CT molecular complexity index is 525. The highest BCUT2D eigenvalue weighted by molar-refractivity contribution is 6.30. The highest BCUT2D eigenvalue weighted by Gasteiger charge is 2.12. The van der Waals surface area contributed by atoms with Gasteiger partial charge in [-0.3, -0.25) is 4.98 Å². The first-order valence-corrected chi connectivity index (χ1v) is 6.75. The van der Waals surface area contributed by atoms with Crippen LogP contribution < -0.4 is 11.1 Å². The molecule has 3 nitrogen and oxygen atoms in total. The number of hydrogen-bond acceptors (Lipinski definition) is 3. The number of anilines is 1. The molecule has 0 aliphatic heterocycles. The standard InChI is InChI=1S/C15H18ClN3/c1-2-19-15(11-3-5-13(16)6-4-11)9-12-10-18-8-7-14(12)17/h3-8,10,15,19H,2,9H2,1H3,(H2,17,18). The first-order chi connectivity index (χ1) is 9.20. The van der Waals surface area contributed by atoms with E-state index in [1.165, 1.54) is 5.56 Å². The Labute approximate surface area is 118 Å². The van der Waals surface area contributed by atoms with Crippen molar-refractivity contribution in [3.05, 3.63) is 58.9 Å². The van der Waals surface area contributed by atoms with E-state index in [0.29, 0.717) is 0 Å². The number of aromatic nitrogens is 1. The van der Waals surface area contributed by atoms with Gasteiger partial charge >= 0.3 is 0 Å². The van der Waals surface area contributed by atoms with Gasteiger partial charge in [0.25, 0.3) is 0 Å². The summed E-state index contributed by atoms with van der Waals surface area (Å²) in [5.41, 5.74) is 9.02. The molecule has 0 spiro atoms. The predicted molar refractivity (Wildman–Crippen MR) is 80.2 cm³/mol. The van der Waals surface area contributed by atoms with Gasteiger partial charge in [-0.2, -0.15) is 0 Å². The van der Waals surface area contributed by atoms with Crippen molar-refractivity contribution in [2.75, 3.05) is 12.3 Å². The molecule has 19 heavy (non-hydrogen) atoms. The van der Waals surface area contributed by atoms with Crippen LogP contribution in [-0.4, -0.2) is 11.5 Å². The SMILES string of the molecule is CCNC(Cc1cnccc1N)c1ccc(Cl)cc1. The van der Waals surface area contributed by atoms with Gasteiger partial charge in [0.2, 0.25) is 0 Å². The fourth-order valence-corrected chi connectivity index (χ4v) is 2.20. The maximum absolute atomic E-state index is 5.98. The smallest absolute Gasteiger partial charge is 0.0406 e. The van der Waals surface area contributed by atoms with Crippen LogP contribution in [0.1, 0.15) is 24.1 Å². The molecular weight excluding hydrogens is 258 g/mol. The summed E-state index contributed by atoms with van der Waals surface area (Å²) in [4.78, 5) is 4.14. The largest absolute Gasteiger partial charge is 0.398 e. The van der Waals surface area contributed by atoms with E-state index in [-0.39, 0.29) is 6.04 Å². The second-order valence-electron chi connectivity index (χ2n) is 4.44. The van der Waals surface area contributed by atoms with E-state index in [4.69, 9.17) is 17.3 Å². The lowest BCUT2D eigenvalue weighted by molar-refractivity contribution is 0.550. The molecule has 1 aromatic carbocycles. The lowest BCUT2D eigenvalue weighted by atomic mass is 9.99. The van der Waals surface area contributed by atoms with Gasteiger partial charge in [-0.25, -0.2) is 0 Å². The topological polar surface area (TPSA) is 50.9 Å². The number of pyridine rings is 1. The predicted octanol–water partition coefficient (Wildman–Crippen LogP) is 3.21. The number of likely N-dealkylation sites (N-methyl/N-ethyl adjacent to an activating group) is 1. The summed E-state index contributed by atoms with van der Waals surface area (Å²) in [5, 5.41) is 4.22. The summed E-state index contributed by atoms with van der Waals surface area (Å²) >= 11 is 5.93. The van der Waals surface area contributed by atoms with Crippen LogP contribution in [0.15, 0.2) is 42.7 Å². The molecule has 0 aliphatic carbocycles. The van der Waals surface area contributed by atoms with E-state index < -0.39 is 0 Å². The minimum atomic E-state index is 0.216. The summed E-state index contributed by atoms with van der Waals surface area (Å²) in [6, 6.07) is 9.96. The number of nitrogens with two attached hydrogens (primary N) is 1. The molecule has 0 bridgehead atoms. The first-order valence-electron chi connectivity index (χ1n) is 6.38. The maximum Gasteiger partial charge on any atom is 0.0406 e. The van der Waals surface area contributed by atoms with Crippen LogP contribution in [0.25, 0.3) is 0 Å². The molecule has 0 saturated carbocycles. The van der Waals surface area contributed by atoms with Gasteiger partial charge < -0.3 is 11.1 Å². The van der Waals surface area contributed by atoms with Gasteiger partial charge in [0.1, 0.15) is 0 Å². The lowest BCUT2D eigenvalue weighted by Gasteiger charge is -2.19. The average molecular weight is 276 g/mol. The number of halogens is 1. The summed E-state index contributed by atoms with van der Waals surface area (Å²) in [7, 11) is 0. The van der Waals surface area contributed by atoms with Crippen molar-refractivity contribution >= 4 is 17.3 Å². The van der Waals surface area contributed by atoms with Crippen molar-refractivity contribution in [2.45, 2.75) is 19.4 Å². The Kier molecular flexibility index (Phi) is 4.77. The van der Waals surface area contributed by atoms with Crippen molar-refractivity contribution in [1.29, 1.82) is 0 Å². The maximum atomic E-state index is 5.98. The van der Waals surface area contributed by atoms with Crippen molar-refractivity contribution in [3.63, 3.8) is 0 Å². The summed E-state index contributed by atoms with van der Waals surface area (Å²) < 4.78 is 0. The Morgan fingerprint density at radius 3 is 2.63 bits per heavy atom. The van der Waals surface area contributed by atoms with Crippen LogP contribution in [-0.2, 0) is 6.42 Å². The Morgan fingerprint density at radius 1 is 1.26 bits per heavy atom. The molecule has 0 amide bonds. The van der Waals surface area contributed by atoms with Crippen LogP contribution in [0.5, 0.6) is 0 Å². The zero-order valence-electron chi connectivity index (χ0n) is 10.9. The number of nitrogens with zero attached hydrogens (tertiary/aromatic N) is 1. The van der Waals surface area contributed by atoms with E-state index in [2.05, 4.69) is 17.2 Å². The van der Waals surface area contributed by atoms with Gasteiger partial charge in [-0.1, -0.05) is 30.7 Å². The van der Waals surface area contributed by atoms with E-state index in [1.807, 2.05) is 36.5 Å². The van der Waals surface area contributed by atoms with E-state index >= 15 is 0 Å². The average Bonchev–Trinajstić information content (AvgIpc) is 2.42. The molecule has 1 heterocycles. The third kappa shape index (κ3) is 3.69. The molecule has 1 atom stereocenters. The molecular formula is C15H18ClN3. The highest BCUT2D eigenvalue weighted by atomic mass is 35.5. The Hall–Kier alpha value is -1.58. The molecule has 0 saturated heterocycles. The molecule has 1 unspecified atom stereocenters. The van der Waals surface area contributed by atoms with E-state index in [1.54, 1.807) is 6.20 Å². The molecule has 1 aromatic heterocycles. The molecule has 100 valence electrons. The minimum Gasteiger partial charge on any atom is -0.398 e. The lowest BCUT2D eigenvalue weighted by Crippen LogP contribution is -2.23. The quantitative estimate of drug-likeness (QED) is 0.881. The number of benzene rings is 1. The highest BCUT2D eigenvalue weighted by Crippen LogP contribution is 2.22. The van der Waals surface area contributed by atoms with Gasteiger partial charge in [0, 0.05) is 29.1 Å². The Morgan fingerprint density at radius 2 is 2.00 bits per heavy atom. The Balaban J connectivity index is 2.21. The molecule has 0 aliphatic rings. The molecule has 0 radical (unpaired) electrons. The number of nitrogens with one attached hydrogen (secondary N) is 1. The van der Waals surface area contributed by atoms with Gasteiger partial charge in [0.15, 0.2) is 0 Å². The molecule has 0 fully saturated rings. The zero-order valence-corrected chi connectivity index (χ0v) is 11.7. The molecule has 2 aromatic rings. The summed E-state index contributed by atoms with van der Waals surface area (Å²) in [6.45, 7) is 2.99. The van der Waals surface area contributed by atoms with Crippen molar-refractivity contribution in [1.82, 2.24) is 10.3 Å². The first kappa shape index (κ1) is 13.8. The third-order valence-corrected chi connectivity index (χ3v) is 3.34. The van der Waals surface area contributed by atoms with Crippen LogP contribution in [0, 0.1) is 0 Å². The fraction of sp³-hybridized carbons (Fsp3) is 0.267. The molecule has 2 rings (SSSR count). The number of rotatable bonds is 5. The van der Waals surface area contributed by atoms with Crippen LogP contribution in [0.2, 0.25) is 5.02 Å². The number of nitrogen functional groups attached to an aromatic ring is 1. The van der Waals surface area contributed by atoms with Gasteiger partial charge in [-0.15, -0.1) is 0 Å². The van der Waals surface area contributed by atoms with Crippen molar-refractivity contribution in [3.8, 4) is 0 Å². The second kappa shape index (κ2) is 6.55. The molecule has 3 N–H and O–H groups in total. The van der Waals surface area contributed by atoms with Crippen LogP contribution >= 0.6 is 11.6 Å². The van der Waals surface area contributed by atoms with E-state index in [9.17, 15) is 0 Å². The minimum absolute atomic E-state index is 0.216. The zero-order chi connectivity index (χ0) is 13.7. The van der Waals surface area contributed by atoms with Gasteiger partial charge in [0.05, 0.1) is 0 Å².